The lowest BCUT2D eigenvalue weighted by Crippen LogP contribution is -2.50. The number of amides is 1. The first kappa shape index (κ1) is 46.0. The molecule has 0 radical (unpaired) electrons. The zero-order chi connectivity index (χ0) is 44.1. The maximum Gasteiger partial charge on any atom is 0.410 e. The van der Waals surface area contributed by atoms with Crippen molar-refractivity contribution in [3.05, 3.63) is 107 Å². The van der Waals surface area contributed by atoms with E-state index in [9.17, 15) is 15.0 Å². The molecule has 11 nitrogen and oxygen atoms in total. The molecule has 0 aliphatic carbocycles. The van der Waals surface area contributed by atoms with Crippen molar-refractivity contribution in [1.29, 1.82) is 5.41 Å². The van der Waals surface area contributed by atoms with Gasteiger partial charge in [-0.2, -0.15) is 0 Å². The minimum absolute atomic E-state index is 0.0399. The molecule has 3 N–H and O–H groups in total. The Labute approximate surface area is 374 Å². The van der Waals surface area contributed by atoms with Crippen LogP contribution in [0.5, 0.6) is 11.5 Å². The number of aromatic amines is 1. The third-order valence-corrected chi connectivity index (χ3v) is 11.6. The fourth-order valence-corrected chi connectivity index (χ4v) is 8.35. The van der Waals surface area contributed by atoms with Gasteiger partial charge >= 0.3 is 12.1 Å². The summed E-state index contributed by atoms with van der Waals surface area (Å²) in [5.41, 5.74) is 5.44. The van der Waals surface area contributed by atoms with Crippen LogP contribution in [-0.2, 0) is 15.9 Å². The van der Waals surface area contributed by atoms with Gasteiger partial charge in [0.25, 0.3) is 0 Å². The number of esters is 1. The van der Waals surface area contributed by atoms with E-state index in [1.54, 1.807) is 4.90 Å². The first-order valence-electron chi connectivity index (χ1n) is 21.9. The number of para-hydroxylation sites is 1. The molecule has 0 bridgehead atoms. The van der Waals surface area contributed by atoms with Crippen LogP contribution >= 0.6 is 15.9 Å². The van der Waals surface area contributed by atoms with Crippen molar-refractivity contribution in [2.45, 2.75) is 78.2 Å². The number of halogens is 1. The smallest absolute Gasteiger partial charge is 0.410 e. The number of hydrogen-bond acceptors (Lipinski definition) is 9. The number of piperazine rings is 1. The number of hydrogen-bond donors (Lipinski definition) is 3. The number of ether oxygens (including phenoxy) is 4. The molecule has 1 aromatic heterocycles. The second-order valence-corrected chi connectivity index (χ2v) is 17.3. The van der Waals surface area contributed by atoms with Crippen LogP contribution in [0, 0.1) is 5.41 Å². The number of anilines is 1. The van der Waals surface area contributed by atoms with E-state index in [1.807, 2.05) is 101 Å². The zero-order valence-corrected chi connectivity index (χ0v) is 38.5. The van der Waals surface area contributed by atoms with Crippen molar-refractivity contribution in [2.75, 3.05) is 63.3 Å². The van der Waals surface area contributed by atoms with Gasteiger partial charge in [0, 0.05) is 71.9 Å². The minimum Gasteiger partial charge on any atom is -0.493 e. The summed E-state index contributed by atoms with van der Waals surface area (Å²) in [5.74, 6) is 1.09. The summed E-state index contributed by atoms with van der Waals surface area (Å²) in [6.07, 6.45) is 6.01. The SMILES string of the molecule is CCOC(=O)c1[nH]c2c(/C(C(=N)COc3ccc(N4CCN(C(=O)OC(C)(C)C)CC4)cc3)=C(\CCCCCCBr)NC)cccc2c1CCCOc1cccc2ccccc12. The molecule has 12 heteroatoms. The van der Waals surface area contributed by atoms with Crippen LogP contribution in [0.1, 0.15) is 87.8 Å². The van der Waals surface area contributed by atoms with Gasteiger partial charge in [-0.15, -0.1) is 0 Å². The van der Waals surface area contributed by atoms with Gasteiger partial charge in [-0.3, -0.25) is 0 Å². The van der Waals surface area contributed by atoms with Crippen LogP contribution in [0.15, 0.2) is 90.6 Å². The van der Waals surface area contributed by atoms with E-state index >= 15 is 0 Å². The predicted octanol–water partition coefficient (Wildman–Crippen LogP) is 10.9. The van der Waals surface area contributed by atoms with Crippen molar-refractivity contribution < 1.29 is 28.5 Å². The molecular weight excluding hydrogens is 846 g/mol. The Morgan fingerprint density at radius 1 is 0.839 bits per heavy atom. The third-order valence-electron chi connectivity index (χ3n) is 11.0. The summed E-state index contributed by atoms with van der Waals surface area (Å²) in [6.45, 7) is 10.8. The van der Waals surface area contributed by atoms with Crippen LogP contribution in [-0.4, -0.2) is 91.6 Å². The number of aryl methyl sites for hydroxylation is 1. The van der Waals surface area contributed by atoms with Gasteiger partial charge in [-0.1, -0.05) is 83.4 Å². The van der Waals surface area contributed by atoms with E-state index in [-0.39, 0.29) is 19.3 Å². The molecule has 2 heterocycles. The van der Waals surface area contributed by atoms with Crippen molar-refractivity contribution in [1.82, 2.24) is 15.2 Å². The van der Waals surface area contributed by atoms with Crippen LogP contribution in [0.4, 0.5) is 10.5 Å². The Kier molecular flexibility index (Phi) is 16.4. The molecule has 0 unspecified atom stereocenters. The Hall–Kier alpha value is -5.49. The van der Waals surface area contributed by atoms with E-state index < -0.39 is 11.6 Å². The number of carbonyl (C=O) groups excluding carboxylic acids is 2. The first-order valence-corrected chi connectivity index (χ1v) is 23.1. The second kappa shape index (κ2) is 22.0. The van der Waals surface area contributed by atoms with Crippen molar-refractivity contribution in [3.8, 4) is 11.5 Å². The van der Waals surface area contributed by atoms with Crippen molar-refractivity contribution in [2.24, 2.45) is 0 Å². The van der Waals surface area contributed by atoms with Gasteiger partial charge in [0.15, 0.2) is 0 Å². The normalized spacial score (nSPS) is 13.5. The maximum absolute atomic E-state index is 13.5. The van der Waals surface area contributed by atoms with Gasteiger partial charge in [0.05, 0.1) is 24.4 Å². The van der Waals surface area contributed by atoms with E-state index in [1.165, 1.54) is 0 Å². The van der Waals surface area contributed by atoms with E-state index in [2.05, 4.69) is 49.3 Å². The Morgan fingerprint density at radius 3 is 2.27 bits per heavy atom. The molecule has 6 rings (SSSR count). The number of aromatic nitrogens is 1. The molecule has 0 spiro atoms. The number of carbonyl (C=O) groups is 2. The number of H-pyrrole nitrogens is 1. The van der Waals surface area contributed by atoms with Crippen LogP contribution in [0.25, 0.3) is 27.2 Å². The molecule has 0 atom stereocenters. The summed E-state index contributed by atoms with van der Waals surface area (Å²) in [6, 6.07) is 28.2. The maximum atomic E-state index is 13.5. The highest BCUT2D eigenvalue weighted by Gasteiger charge is 2.27. The van der Waals surface area contributed by atoms with Gasteiger partial charge in [-0.25, -0.2) is 9.59 Å². The van der Waals surface area contributed by atoms with Gasteiger partial charge < -0.3 is 44.5 Å². The number of rotatable bonds is 20. The summed E-state index contributed by atoms with van der Waals surface area (Å²) in [5, 5.41) is 17.1. The van der Waals surface area contributed by atoms with Crippen molar-refractivity contribution >= 4 is 66.6 Å². The number of nitrogens with one attached hydrogen (secondary N) is 3. The number of fused-ring (bicyclic) bond motifs is 2. The van der Waals surface area contributed by atoms with E-state index in [0.717, 1.165) is 92.9 Å². The first-order chi connectivity index (χ1) is 30.0. The summed E-state index contributed by atoms with van der Waals surface area (Å²) in [7, 11) is 1.91. The number of nitrogens with zero attached hydrogens (tertiary/aromatic N) is 2. The lowest BCUT2D eigenvalue weighted by atomic mass is 9.93. The minimum atomic E-state index is -0.527. The molecule has 1 saturated heterocycles. The molecule has 1 aliphatic rings. The third kappa shape index (κ3) is 11.9. The monoisotopic (exact) mass is 907 g/mol. The molecule has 1 amide bonds. The highest BCUT2D eigenvalue weighted by molar-refractivity contribution is 9.09. The molecule has 0 saturated carbocycles. The van der Waals surface area contributed by atoms with Gasteiger partial charge in [0.2, 0.25) is 0 Å². The van der Waals surface area contributed by atoms with Gasteiger partial charge in [0.1, 0.15) is 29.4 Å². The predicted molar refractivity (Wildman–Crippen MR) is 255 cm³/mol. The molecule has 1 fully saturated rings. The van der Waals surface area contributed by atoms with E-state index in [0.29, 0.717) is 62.8 Å². The standard InChI is InChI=1S/C50H62BrN5O6/c1-6-59-48(57)47-40(21-15-33-60-44-23-13-17-35-16-10-11-18-38(35)44)39-19-14-20-41(46(39)54-47)45(43(53-5)22-9-7-8-12-28-51)42(52)34-61-37-26-24-36(25-27-37)55-29-31-56(32-30-55)49(58)62-50(2,3)4/h10-11,13-14,16-20,23-27,52-54H,6-9,12,15,21-22,28-34H2,1-5H3/b45-43-,52-42?. The van der Waals surface area contributed by atoms with Crippen LogP contribution in [0.2, 0.25) is 0 Å². The summed E-state index contributed by atoms with van der Waals surface area (Å²) in [4.78, 5) is 33.6. The lowest BCUT2D eigenvalue weighted by molar-refractivity contribution is 0.0240. The Bertz CT molecular complexity index is 2320. The Balaban J connectivity index is 1.22. The lowest BCUT2D eigenvalue weighted by Gasteiger charge is -2.36. The van der Waals surface area contributed by atoms with Crippen LogP contribution < -0.4 is 19.7 Å². The van der Waals surface area contributed by atoms with Gasteiger partial charge in [-0.05, 0) is 101 Å². The molecule has 62 heavy (non-hydrogen) atoms. The molecular formula is C50H62BrN5O6. The highest BCUT2D eigenvalue weighted by Crippen LogP contribution is 2.34. The largest absolute Gasteiger partial charge is 0.493 e. The van der Waals surface area contributed by atoms with Crippen LogP contribution in [0.3, 0.4) is 0 Å². The Morgan fingerprint density at radius 2 is 1.55 bits per heavy atom. The molecule has 1 aliphatic heterocycles. The molecule has 5 aromatic rings. The molecule has 4 aromatic carbocycles. The highest BCUT2D eigenvalue weighted by atomic mass is 79.9. The second-order valence-electron chi connectivity index (χ2n) is 16.5. The number of alkyl halides is 1. The number of allylic oxidation sites excluding steroid dienone is 1. The van der Waals surface area contributed by atoms with E-state index in [4.69, 9.17) is 18.9 Å². The topological polar surface area (TPSA) is 129 Å². The fraction of sp³-hybridized carbons (Fsp3) is 0.420. The number of unbranched alkanes of at least 4 members (excludes halogenated alkanes) is 3. The average molecular weight is 909 g/mol. The van der Waals surface area contributed by atoms with Crippen molar-refractivity contribution in [3.63, 3.8) is 0 Å². The average Bonchev–Trinajstić information content (AvgIpc) is 3.65. The summed E-state index contributed by atoms with van der Waals surface area (Å²) >= 11 is 3.56. The quantitative estimate of drug-likeness (QED) is 0.0305. The summed E-state index contributed by atoms with van der Waals surface area (Å²) < 4.78 is 23.8. The fourth-order valence-electron chi connectivity index (χ4n) is 7.96. The number of benzene rings is 4. The zero-order valence-electron chi connectivity index (χ0n) is 36.9. The molecule has 330 valence electrons.